The Kier molecular flexibility index (Phi) is 2.14. The number of esters is 1. The molecule has 1 heterocycles. The maximum absolute atomic E-state index is 11.2. The van der Waals surface area contributed by atoms with Crippen LogP contribution in [0.5, 0.6) is 0 Å². The number of hydrogen-bond donors (Lipinski definition) is 1. The fraction of sp³-hybridized carbons (Fsp3) is 0.875. The number of carbonyl (C=O) groups is 1. The molecule has 1 aliphatic heterocycles. The SMILES string of the molecule is CC(C)(C)OC(=O)C1(O)COC1. The fourth-order valence-corrected chi connectivity index (χ4v) is 0.786. The Morgan fingerprint density at radius 1 is 1.50 bits per heavy atom. The van der Waals surface area contributed by atoms with E-state index >= 15 is 0 Å². The van der Waals surface area contributed by atoms with Crippen LogP contribution in [0.1, 0.15) is 20.8 Å². The molecule has 1 fully saturated rings. The van der Waals surface area contributed by atoms with Crippen LogP contribution >= 0.6 is 0 Å². The van der Waals surface area contributed by atoms with E-state index < -0.39 is 17.2 Å². The molecule has 1 rings (SSSR count). The summed E-state index contributed by atoms with van der Waals surface area (Å²) in [6.07, 6.45) is 0. The Hall–Kier alpha value is -0.610. The zero-order valence-corrected chi connectivity index (χ0v) is 7.59. The molecule has 1 saturated heterocycles. The molecule has 4 heteroatoms. The molecule has 0 amide bonds. The summed E-state index contributed by atoms with van der Waals surface area (Å²) >= 11 is 0. The maximum Gasteiger partial charge on any atom is 0.343 e. The first-order valence-electron chi connectivity index (χ1n) is 3.87. The largest absolute Gasteiger partial charge is 0.458 e. The number of aliphatic hydroxyl groups is 1. The summed E-state index contributed by atoms with van der Waals surface area (Å²) in [6.45, 7) is 5.36. The van der Waals surface area contributed by atoms with Crippen LogP contribution in [0.2, 0.25) is 0 Å². The lowest BCUT2D eigenvalue weighted by molar-refractivity contribution is -0.219. The van der Waals surface area contributed by atoms with Gasteiger partial charge in [-0.1, -0.05) is 0 Å². The molecule has 12 heavy (non-hydrogen) atoms. The number of ether oxygens (including phenoxy) is 2. The second-order valence-electron chi connectivity index (χ2n) is 4.03. The molecule has 0 saturated carbocycles. The Bertz CT molecular complexity index is 188. The van der Waals surface area contributed by atoms with Gasteiger partial charge >= 0.3 is 5.97 Å². The van der Waals surface area contributed by atoms with E-state index in [4.69, 9.17) is 9.47 Å². The van der Waals surface area contributed by atoms with Crippen molar-refractivity contribution in [2.45, 2.75) is 32.0 Å². The quantitative estimate of drug-likeness (QED) is 0.572. The molecular formula is C8H14O4. The lowest BCUT2D eigenvalue weighted by Gasteiger charge is -2.35. The van der Waals surface area contributed by atoms with Gasteiger partial charge in [0.1, 0.15) is 5.60 Å². The lowest BCUT2D eigenvalue weighted by Crippen LogP contribution is -2.57. The molecule has 0 radical (unpaired) electrons. The van der Waals surface area contributed by atoms with Gasteiger partial charge in [-0.25, -0.2) is 4.79 Å². The summed E-state index contributed by atoms with van der Waals surface area (Å²) in [5.74, 6) is -0.596. The van der Waals surface area contributed by atoms with Gasteiger partial charge in [0, 0.05) is 0 Å². The van der Waals surface area contributed by atoms with Crippen LogP contribution in [0.15, 0.2) is 0 Å². The summed E-state index contributed by atoms with van der Waals surface area (Å²) in [4.78, 5) is 11.2. The maximum atomic E-state index is 11.2. The average Bonchev–Trinajstić information content (AvgIpc) is 1.78. The van der Waals surface area contributed by atoms with Crippen LogP contribution in [0.25, 0.3) is 0 Å². The first-order chi connectivity index (χ1) is 5.33. The van der Waals surface area contributed by atoms with E-state index in [0.717, 1.165) is 0 Å². The van der Waals surface area contributed by atoms with Crippen LogP contribution in [-0.4, -0.2) is 35.5 Å². The minimum Gasteiger partial charge on any atom is -0.458 e. The average molecular weight is 174 g/mol. The van der Waals surface area contributed by atoms with E-state index in [1.807, 2.05) is 0 Å². The Balaban J connectivity index is 2.49. The standard InChI is InChI=1S/C8H14O4/c1-7(2,3)12-6(9)8(10)4-11-5-8/h10H,4-5H2,1-3H3. The van der Waals surface area contributed by atoms with E-state index in [2.05, 4.69) is 0 Å². The van der Waals surface area contributed by atoms with Gasteiger partial charge in [-0.05, 0) is 20.8 Å². The third kappa shape index (κ3) is 1.95. The zero-order valence-electron chi connectivity index (χ0n) is 7.59. The van der Waals surface area contributed by atoms with Crippen LogP contribution in [0, 0.1) is 0 Å². The van der Waals surface area contributed by atoms with Gasteiger partial charge in [0.2, 0.25) is 5.60 Å². The van der Waals surface area contributed by atoms with Crippen molar-refractivity contribution in [1.82, 2.24) is 0 Å². The summed E-state index contributed by atoms with van der Waals surface area (Å²) in [5, 5.41) is 9.44. The smallest absolute Gasteiger partial charge is 0.343 e. The second kappa shape index (κ2) is 2.71. The molecule has 0 atom stereocenters. The molecule has 0 bridgehead atoms. The highest BCUT2D eigenvalue weighted by molar-refractivity contribution is 5.80. The highest BCUT2D eigenvalue weighted by Crippen LogP contribution is 2.21. The van der Waals surface area contributed by atoms with Crippen molar-refractivity contribution in [3.8, 4) is 0 Å². The normalized spacial score (nSPS) is 21.3. The first kappa shape index (κ1) is 9.48. The first-order valence-corrected chi connectivity index (χ1v) is 3.87. The van der Waals surface area contributed by atoms with E-state index in [9.17, 15) is 9.90 Å². The van der Waals surface area contributed by atoms with Crippen LogP contribution < -0.4 is 0 Å². The Morgan fingerprint density at radius 3 is 2.25 bits per heavy atom. The molecule has 1 N–H and O–H groups in total. The van der Waals surface area contributed by atoms with Gasteiger partial charge in [0.15, 0.2) is 0 Å². The van der Waals surface area contributed by atoms with Crippen molar-refractivity contribution in [2.75, 3.05) is 13.2 Å². The third-order valence-corrected chi connectivity index (χ3v) is 1.46. The summed E-state index contributed by atoms with van der Waals surface area (Å²) in [6, 6.07) is 0. The fourth-order valence-electron chi connectivity index (χ4n) is 0.786. The summed E-state index contributed by atoms with van der Waals surface area (Å²) in [7, 11) is 0. The van der Waals surface area contributed by atoms with Gasteiger partial charge in [-0.2, -0.15) is 0 Å². The zero-order chi connectivity index (χ0) is 9.41. The van der Waals surface area contributed by atoms with E-state index in [1.165, 1.54) is 0 Å². The molecule has 1 aliphatic rings. The molecule has 70 valence electrons. The highest BCUT2D eigenvalue weighted by Gasteiger charge is 2.46. The van der Waals surface area contributed by atoms with E-state index in [1.54, 1.807) is 20.8 Å². The molecule has 0 aromatic rings. The van der Waals surface area contributed by atoms with Crippen molar-refractivity contribution in [2.24, 2.45) is 0 Å². The highest BCUT2D eigenvalue weighted by atomic mass is 16.6. The van der Waals surface area contributed by atoms with Crippen molar-refractivity contribution in [3.63, 3.8) is 0 Å². The lowest BCUT2D eigenvalue weighted by atomic mass is 10.0. The molecule has 4 nitrogen and oxygen atoms in total. The summed E-state index contributed by atoms with van der Waals surface area (Å²) < 4.78 is 9.70. The topological polar surface area (TPSA) is 55.8 Å². The van der Waals surface area contributed by atoms with Gasteiger partial charge in [-0.15, -0.1) is 0 Å². The number of hydrogen-bond acceptors (Lipinski definition) is 4. The number of carbonyl (C=O) groups excluding carboxylic acids is 1. The van der Waals surface area contributed by atoms with Crippen LogP contribution in [0.3, 0.4) is 0 Å². The molecule has 0 spiro atoms. The second-order valence-corrected chi connectivity index (χ2v) is 4.03. The van der Waals surface area contributed by atoms with Crippen molar-refractivity contribution in [3.05, 3.63) is 0 Å². The van der Waals surface area contributed by atoms with Crippen LogP contribution in [-0.2, 0) is 14.3 Å². The van der Waals surface area contributed by atoms with E-state index in [-0.39, 0.29) is 13.2 Å². The van der Waals surface area contributed by atoms with Crippen molar-refractivity contribution in [1.29, 1.82) is 0 Å². The Labute approximate surface area is 71.5 Å². The van der Waals surface area contributed by atoms with Gasteiger partial charge < -0.3 is 14.6 Å². The third-order valence-electron chi connectivity index (χ3n) is 1.46. The predicted molar refractivity (Wildman–Crippen MR) is 41.6 cm³/mol. The van der Waals surface area contributed by atoms with Gasteiger partial charge in [-0.3, -0.25) is 0 Å². The minimum atomic E-state index is -1.40. The van der Waals surface area contributed by atoms with Crippen LogP contribution in [0.4, 0.5) is 0 Å². The number of rotatable bonds is 1. The summed E-state index contributed by atoms with van der Waals surface area (Å²) in [5.41, 5.74) is -1.95. The monoisotopic (exact) mass is 174 g/mol. The van der Waals surface area contributed by atoms with Crippen molar-refractivity contribution >= 4 is 5.97 Å². The molecule has 0 unspecified atom stereocenters. The minimum absolute atomic E-state index is 0.0436. The Morgan fingerprint density at radius 2 is 2.00 bits per heavy atom. The van der Waals surface area contributed by atoms with Crippen molar-refractivity contribution < 1.29 is 19.4 Å². The molecule has 0 aromatic heterocycles. The van der Waals surface area contributed by atoms with E-state index in [0.29, 0.717) is 0 Å². The molecule has 0 aromatic carbocycles. The molecular weight excluding hydrogens is 160 g/mol. The van der Waals surface area contributed by atoms with Gasteiger partial charge in [0.25, 0.3) is 0 Å². The predicted octanol–water partition coefficient (Wildman–Crippen LogP) is 0.0894. The molecule has 0 aliphatic carbocycles. The van der Waals surface area contributed by atoms with Gasteiger partial charge in [0.05, 0.1) is 13.2 Å².